The average Bonchev–Trinajstić information content (AvgIpc) is 2.61. The molecule has 0 saturated heterocycles. The molecule has 0 radical (unpaired) electrons. The Balaban J connectivity index is 3.33. The molecule has 0 aromatic carbocycles. The van der Waals surface area contributed by atoms with Gasteiger partial charge in [0.05, 0.1) is 0 Å². The van der Waals surface area contributed by atoms with E-state index in [-0.39, 0.29) is 0 Å². The first kappa shape index (κ1) is 26.6. The molecule has 0 aliphatic rings. The van der Waals surface area contributed by atoms with E-state index in [2.05, 4.69) is 6.92 Å². The normalized spacial score (nSPS) is 15.1. The first-order chi connectivity index (χ1) is 12.6. The molecule has 0 amide bonds. The third kappa shape index (κ3) is 19.4. The minimum Gasteiger partial charge on any atom is -0.379 e. The molecule has 0 aromatic rings. The molecule has 0 spiro atoms. The molecular weight excluding hydrogens is 358 g/mol. The number of rotatable bonds is 20. The maximum Gasteiger partial charge on any atom is 0.102 e. The number of hydrogen-bond donors (Lipinski definition) is 4. The van der Waals surface area contributed by atoms with Crippen molar-refractivity contribution in [1.82, 2.24) is 0 Å². The fourth-order valence-corrected chi connectivity index (χ4v) is 4.13. The maximum absolute atomic E-state index is 9.01. The molecule has 26 heavy (non-hydrogen) atoms. The van der Waals surface area contributed by atoms with Gasteiger partial charge in [-0.2, -0.15) is 25.3 Å². The number of aliphatic hydroxyl groups excluding tert-OH is 1. The molecule has 2 nitrogen and oxygen atoms in total. The van der Waals surface area contributed by atoms with E-state index in [1.807, 2.05) is 0 Å². The van der Waals surface area contributed by atoms with E-state index < -0.39 is 6.23 Å². The molecule has 0 bridgehead atoms. The SMILES string of the molecule is CCCCCCCCCCC(S)C(S)CCCCCCCCCC(N)O. The first-order valence-electron chi connectivity index (χ1n) is 11.4. The zero-order chi connectivity index (χ0) is 19.5. The highest BCUT2D eigenvalue weighted by molar-refractivity contribution is 7.85. The van der Waals surface area contributed by atoms with Crippen LogP contribution in [0, 0.1) is 0 Å². The predicted octanol–water partition coefficient (Wildman–Crippen LogP) is 6.90. The summed E-state index contributed by atoms with van der Waals surface area (Å²) in [6.45, 7) is 2.28. The Bertz CT molecular complexity index is 277. The quantitative estimate of drug-likeness (QED) is 0.101. The summed E-state index contributed by atoms with van der Waals surface area (Å²) >= 11 is 9.57. The lowest BCUT2D eigenvalue weighted by atomic mass is 10.0. The smallest absolute Gasteiger partial charge is 0.102 e. The summed E-state index contributed by atoms with van der Waals surface area (Å²) < 4.78 is 0. The zero-order valence-electron chi connectivity index (χ0n) is 17.4. The van der Waals surface area contributed by atoms with E-state index in [9.17, 15) is 0 Å². The van der Waals surface area contributed by atoms with Gasteiger partial charge in [-0.3, -0.25) is 0 Å². The molecule has 4 heteroatoms. The first-order valence-corrected chi connectivity index (χ1v) is 12.4. The van der Waals surface area contributed by atoms with E-state index in [0.29, 0.717) is 10.5 Å². The van der Waals surface area contributed by atoms with E-state index in [1.165, 1.54) is 103 Å². The molecule has 0 aliphatic carbocycles. The van der Waals surface area contributed by atoms with Gasteiger partial charge in [0, 0.05) is 10.5 Å². The Kier molecular flexibility index (Phi) is 20.8. The number of aliphatic hydroxyl groups is 1. The zero-order valence-corrected chi connectivity index (χ0v) is 19.2. The molecular formula is C22H47NOS2. The standard InChI is InChI=1S/C22H47NOS2/c1-2-3-4-5-6-8-11-14-17-20(25)21(26)18-15-12-9-7-10-13-16-19-22(23)24/h20-22,24-26H,2-19,23H2,1H3. The molecule has 0 saturated carbocycles. The van der Waals surface area contributed by atoms with Crippen molar-refractivity contribution in [2.24, 2.45) is 5.73 Å². The third-order valence-corrected chi connectivity index (χ3v) is 6.77. The van der Waals surface area contributed by atoms with Crippen molar-refractivity contribution >= 4 is 25.3 Å². The second-order valence-electron chi connectivity index (χ2n) is 8.02. The molecule has 0 fully saturated rings. The monoisotopic (exact) mass is 405 g/mol. The Hall–Kier alpha value is 0.620. The lowest BCUT2D eigenvalue weighted by Gasteiger charge is -2.18. The van der Waals surface area contributed by atoms with Gasteiger partial charge in [-0.05, 0) is 25.7 Å². The van der Waals surface area contributed by atoms with Crippen LogP contribution in [-0.2, 0) is 0 Å². The summed E-state index contributed by atoms with van der Waals surface area (Å²) in [5, 5.41) is 9.92. The van der Waals surface area contributed by atoms with Crippen molar-refractivity contribution in [3.63, 3.8) is 0 Å². The van der Waals surface area contributed by atoms with Gasteiger partial charge in [-0.1, -0.05) is 96.8 Å². The van der Waals surface area contributed by atoms with Crippen LogP contribution in [0.4, 0.5) is 0 Å². The fourth-order valence-electron chi connectivity index (χ4n) is 3.46. The molecule has 0 aliphatic heterocycles. The van der Waals surface area contributed by atoms with Crippen LogP contribution in [0.5, 0.6) is 0 Å². The lowest BCUT2D eigenvalue weighted by molar-refractivity contribution is 0.168. The summed E-state index contributed by atoms with van der Waals surface area (Å²) in [4.78, 5) is 0. The van der Waals surface area contributed by atoms with Crippen molar-refractivity contribution in [3.05, 3.63) is 0 Å². The highest BCUT2D eigenvalue weighted by atomic mass is 32.1. The Morgan fingerprint density at radius 1 is 0.577 bits per heavy atom. The third-order valence-electron chi connectivity index (χ3n) is 5.30. The van der Waals surface area contributed by atoms with E-state index in [1.54, 1.807) is 0 Å². The highest BCUT2D eigenvalue weighted by Crippen LogP contribution is 2.22. The van der Waals surface area contributed by atoms with Crippen LogP contribution < -0.4 is 5.73 Å². The van der Waals surface area contributed by atoms with Crippen molar-refractivity contribution in [3.8, 4) is 0 Å². The number of nitrogens with two attached hydrogens (primary N) is 1. The number of hydrogen-bond acceptors (Lipinski definition) is 4. The van der Waals surface area contributed by atoms with Gasteiger partial charge >= 0.3 is 0 Å². The minimum atomic E-state index is -0.623. The Morgan fingerprint density at radius 3 is 1.23 bits per heavy atom. The maximum atomic E-state index is 9.01. The van der Waals surface area contributed by atoms with Gasteiger partial charge in [0.2, 0.25) is 0 Å². The summed E-state index contributed by atoms with van der Waals surface area (Å²) in [6.07, 6.45) is 22.3. The number of unbranched alkanes of at least 4 members (excludes halogenated alkanes) is 13. The van der Waals surface area contributed by atoms with E-state index >= 15 is 0 Å². The lowest BCUT2D eigenvalue weighted by Crippen LogP contribution is -2.17. The van der Waals surface area contributed by atoms with Gasteiger partial charge < -0.3 is 10.8 Å². The summed E-state index contributed by atoms with van der Waals surface area (Å²) in [6, 6.07) is 0. The number of thiol groups is 2. The molecule has 0 aromatic heterocycles. The average molecular weight is 406 g/mol. The van der Waals surface area contributed by atoms with Gasteiger partial charge in [0.1, 0.15) is 6.23 Å². The van der Waals surface area contributed by atoms with Gasteiger partial charge in [-0.25, -0.2) is 0 Å². The summed E-state index contributed by atoms with van der Waals surface area (Å²) in [5.74, 6) is 0. The summed E-state index contributed by atoms with van der Waals surface area (Å²) in [5.41, 5.74) is 5.34. The molecule has 3 unspecified atom stereocenters. The van der Waals surface area contributed by atoms with Crippen LogP contribution in [0.1, 0.15) is 122 Å². The second kappa shape index (κ2) is 20.4. The molecule has 0 heterocycles. The molecule has 3 N–H and O–H groups in total. The van der Waals surface area contributed by atoms with E-state index in [0.717, 1.165) is 12.8 Å². The molecule has 0 rings (SSSR count). The van der Waals surface area contributed by atoms with Gasteiger partial charge in [-0.15, -0.1) is 0 Å². The second-order valence-corrected chi connectivity index (χ2v) is 9.34. The van der Waals surface area contributed by atoms with Gasteiger partial charge in [0.25, 0.3) is 0 Å². The van der Waals surface area contributed by atoms with Crippen LogP contribution in [0.15, 0.2) is 0 Å². The largest absolute Gasteiger partial charge is 0.379 e. The Labute approximate surface area is 175 Å². The summed E-state index contributed by atoms with van der Waals surface area (Å²) in [7, 11) is 0. The van der Waals surface area contributed by atoms with Gasteiger partial charge in [0.15, 0.2) is 0 Å². The van der Waals surface area contributed by atoms with Crippen molar-refractivity contribution in [2.75, 3.05) is 0 Å². The van der Waals surface area contributed by atoms with Crippen LogP contribution in [0.2, 0.25) is 0 Å². The molecule has 158 valence electrons. The van der Waals surface area contributed by atoms with Crippen LogP contribution >= 0.6 is 25.3 Å². The van der Waals surface area contributed by atoms with Crippen molar-refractivity contribution in [1.29, 1.82) is 0 Å². The predicted molar refractivity (Wildman–Crippen MR) is 125 cm³/mol. The van der Waals surface area contributed by atoms with Crippen molar-refractivity contribution in [2.45, 2.75) is 139 Å². The van der Waals surface area contributed by atoms with E-state index in [4.69, 9.17) is 36.1 Å². The van der Waals surface area contributed by atoms with Crippen LogP contribution in [-0.4, -0.2) is 21.8 Å². The fraction of sp³-hybridized carbons (Fsp3) is 1.00. The van der Waals surface area contributed by atoms with Crippen LogP contribution in [0.25, 0.3) is 0 Å². The molecule has 3 atom stereocenters. The topological polar surface area (TPSA) is 46.2 Å². The minimum absolute atomic E-state index is 0.453. The van der Waals surface area contributed by atoms with Crippen LogP contribution in [0.3, 0.4) is 0 Å². The Morgan fingerprint density at radius 2 is 0.885 bits per heavy atom. The highest BCUT2D eigenvalue weighted by Gasteiger charge is 2.13. The van der Waals surface area contributed by atoms with Crippen molar-refractivity contribution < 1.29 is 5.11 Å².